The van der Waals surface area contributed by atoms with Crippen molar-refractivity contribution >= 4 is 17.6 Å². The van der Waals surface area contributed by atoms with Crippen LogP contribution in [0.2, 0.25) is 5.02 Å². The Morgan fingerprint density at radius 3 is 2.74 bits per heavy atom. The van der Waals surface area contributed by atoms with Gasteiger partial charge in [0.25, 0.3) is 0 Å². The average Bonchev–Trinajstić information content (AvgIpc) is 3.03. The first-order chi connectivity index (χ1) is 11.1. The van der Waals surface area contributed by atoms with Crippen LogP contribution in [0.3, 0.4) is 0 Å². The Kier molecular flexibility index (Phi) is 4.08. The molecule has 116 valence electrons. The van der Waals surface area contributed by atoms with Gasteiger partial charge in [0, 0.05) is 17.0 Å². The van der Waals surface area contributed by atoms with Crippen LogP contribution in [0.25, 0.3) is 16.8 Å². The van der Waals surface area contributed by atoms with Crippen molar-refractivity contribution in [2.45, 2.75) is 13.3 Å². The molecule has 0 atom stereocenters. The normalized spacial score (nSPS) is 10.7. The van der Waals surface area contributed by atoms with E-state index >= 15 is 0 Å². The number of nitrogens with zero attached hydrogens (tertiary/aromatic N) is 4. The van der Waals surface area contributed by atoms with E-state index in [4.69, 9.17) is 11.6 Å². The highest BCUT2D eigenvalue weighted by Gasteiger charge is 2.14. The number of hydrogen-bond donors (Lipinski definition) is 1. The van der Waals surface area contributed by atoms with Crippen molar-refractivity contribution in [3.05, 3.63) is 58.9 Å². The van der Waals surface area contributed by atoms with Gasteiger partial charge in [-0.05, 0) is 40.3 Å². The lowest BCUT2D eigenvalue weighted by Crippen LogP contribution is -2.05. The lowest BCUT2D eigenvalue weighted by atomic mass is 10.0. The third kappa shape index (κ3) is 2.93. The molecular formula is C16H13ClN4O2. The summed E-state index contributed by atoms with van der Waals surface area (Å²) in [5, 5.41) is 21.5. The van der Waals surface area contributed by atoms with Crippen molar-refractivity contribution in [1.82, 2.24) is 20.2 Å². The molecule has 0 amide bonds. The van der Waals surface area contributed by atoms with Crippen LogP contribution in [-0.4, -0.2) is 31.3 Å². The van der Waals surface area contributed by atoms with Gasteiger partial charge in [-0.1, -0.05) is 36.7 Å². The van der Waals surface area contributed by atoms with Gasteiger partial charge in [0.15, 0.2) is 5.82 Å². The first kappa shape index (κ1) is 15.2. The lowest BCUT2D eigenvalue weighted by molar-refractivity contribution is 0.0697. The van der Waals surface area contributed by atoms with E-state index in [1.54, 1.807) is 12.1 Å². The molecule has 1 aromatic heterocycles. The summed E-state index contributed by atoms with van der Waals surface area (Å²) in [6, 6.07) is 12.2. The Labute approximate surface area is 137 Å². The minimum absolute atomic E-state index is 0.148. The van der Waals surface area contributed by atoms with Gasteiger partial charge in [0.1, 0.15) is 0 Å². The predicted octanol–water partition coefficient (Wildman–Crippen LogP) is 3.24. The summed E-state index contributed by atoms with van der Waals surface area (Å²) < 4.78 is 1.53. The summed E-state index contributed by atoms with van der Waals surface area (Å²) in [5.74, 6) is -0.371. The van der Waals surface area contributed by atoms with E-state index in [0.717, 1.165) is 5.56 Å². The van der Waals surface area contributed by atoms with Crippen LogP contribution in [0.15, 0.2) is 42.5 Å². The number of aromatic nitrogens is 4. The fourth-order valence-corrected chi connectivity index (χ4v) is 2.58. The van der Waals surface area contributed by atoms with Crippen molar-refractivity contribution in [3.63, 3.8) is 0 Å². The lowest BCUT2D eigenvalue weighted by Gasteiger charge is -2.10. The molecule has 0 saturated heterocycles. The first-order valence-corrected chi connectivity index (χ1v) is 7.39. The molecule has 0 unspecified atom stereocenters. The van der Waals surface area contributed by atoms with Gasteiger partial charge in [0.05, 0.1) is 11.3 Å². The number of tetrazole rings is 1. The summed E-state index contributed by atoms with van der Waals surface area (Å²) >= 11 is 6.23. The number of benzene rings is 2. The summed E-state index contributed by atoms with van der Waals surface area (Å²) in [6.45, 7) is 1.93. The standard InChI is InChI=1S/C16H13ClN4O2/c1-2-15-18-19-20-21(15)12-8-10(7-11(9-12)16(22)23)13-5-3-4-6-14(13)17/h3-9H,2H2,1H3,(H,22,23). The second-order valence-corrected chi connectivity index (χ2v) is 5.32. The quantitative estimate of drug-likeness (QED) is 0.795. The van der Waals surface area contributed by atoms with Crippen LogP contribution in [0.1, 0.15) is 23.1 Å². The molecule has 0 aliphatic heterocycles. The van der Waals surface area contributed by atoms with Crippen LogP contribution in [0, 0.1) is 0 Å². The molecule has 0 radical (unpaired) electrons. The van der Waals surface area contributed by atoms with Crippen molar-refractivity contribution in [2.24, 2.45) is 0 Å². The van der Waals surface area contributed by atoms with Crippen LogP contribution < -0.4 is 0 Å². The van der Waals surface area contributed by atoms with Gasteiger partial charge < -0.3 is 5.11 Å². The van der Waals surface area contributed by atoms with Crippen molar-refractivity contribution in [1.29, 1.82) is 0 Å². The minimum Gasteiger partial charge on any atom is -0.478 e. The van der Waals surface area contributed by atoms with Gasteiger partial charge in [-0.25, -0.2) is 4.79 Å². The second kappa shape index (κ2) is 6.18. The summed E-state index contributed by atoms with van der Waals surface area (Å²) in [6.07, 6.45) is 0.631. The van der Waals surface area contributed by atoms with E-state index in [0.29, 0.717) is 28.5 Å². The smallest absolute Gasteiger partial charge is 0.335 e. The zero-order valence-corrected chi connectivity index (χ0v) is 13.0. The number of aryl methyl sites for hydroxylation is 1. The highest BCUT2D eigenvalue weighted by molar-refractivity contribution is 6.33. The number of halogens is 1. The van der Waals surface area contributed by atoms with Crippen LogP contribution in [0.5, 0.6) is 0 Å². The fraction of sp³-hybridized carbons (Fsp3) is 0.125. The van der Waals surface area contributed by atoms with Crippen molar-refractivity contribution < 1.29 is 9.90 Å². The minimum atomic E-state index is -1.02. The van der Waals surface area contributed by atoms with E-state index in [1.165, 1.54) is 10.7 Å². The molecule has 23 heavy (non-hydrogen) atoms. The maximum absolute atomic E-state index is 11.5. The number of carbonyl (C=O) groups is 1. The van der Waals surface area contributed by atoms with Crippen molar-refractivity contribution in [3.8, 4) is 16.8 Å². The molecule has 0 fully saturated rings. The molecule has 3 rings (SSSR count). The molecule has 0 saturated carbocycles. The van der Waals surface area contributed by atoms with Gasteiger partial charge in [0.2, 0.25) is 0 Å². The molecule has 0 aliphatic rings. The number of carboxylic acid groups (broad SMARTS) is 1. The van der Waals surface area contributed by atoms with Gasteiger partial charge in [-0.2, -0.15) is 4.68 Å². The maximum Gasteiger partial charge on any atom is 0.335 e. The molecular weight excluding hydrogens is 316 g/mol. The van der Waals surface area contributed by atoms with E-state index < -0.39 is 5.97 Å². The first-order valence-electron chi connectivity index (χ1n) is 7.01. The van der Waals surface area contributed by atoms with Crippen LogP contribution in [0.4, 0.5) is 0 Å². The number of aromatic carboxylic acids is 1. The molecule has 2 aromatic carbocycles. The molecule has 1 heterocycles. The fourth-order valence-electron chi connectivity index (χ4n) is 2.33. The Balaban J connectivity index is 2.22. The highest BCUT2D eigenvalue weighted by atomic mass is 35.5. The maximum atomic E-state index is 11.5. The highest BCUT2D eigenvalue weighted by Crippen LogP contribution is 2.30. The summed E-state index contributed by atoms with van der Waals surface area (Å²) in [4.78, 5) is 11.5. The molecule has 0 spiro atoms. The zero-order chi connectivity index (χ0) is 16.4. The monoisotopic (exact) mass is 328 g/mol. The number of hydrogen-bond acceptors (Lipinski definition) is 4. The van der Waals surface area contributed by atoms with Gasteiger partial charge in [-0.15, -0.1) is 5.10 Å². The molecule has 0 bridgehead atoms. The largest absolute Gasteiger partial charge is 0.478 e. The van der Waals surface area contributed by atoms with Crippen LogP contribution >= 0.6 is 11.6 Å². The topological polar surface area (TPSA) is 80.9 Å². The van der Waals surface area contributed by atoms with Crippen LogP contribution in [-0.2, 0) is 6.42 Å². The Hall–Kier alpha value is -2.73. The molecule has 6 nitrogen and oxygen atoms in total. The van der Waals surface area contributed by atoms with E-state index in [2.05, 4.69) is 15.5 Å². The predicted molar refractivity (Wildman–Crippen MR) is 85.9 cm³/mol. The SMILES string of the molecule is CCc1nnnn1-c1cc(C(=O)O)cc(-c2ccccc2Cl)c1. The molecule has 0 aliphatic carbocycles. The number of carboxylic acids is 1. The molecule has 1 N–H and O–H groups in total. The molecule has 7 heteroatoms. The summed E-state index contributed by atoms with van der Waals surface area (Å²) in [7, 11) is 0. The van der Waals surface area contributed by atoms with E-state index in [9.17, 15) is 9.90 Å². The second-order valence-electron chi connectivity index (χ2n) is 4.91. The number of rotatable bonds is 4. The molecule has 3 aromatic rings. The third-order valence-corrected chi connectivity index (χ3v) is 3.77. The Morgan fingerprint density at radius 1 is 1.26 bits per heavy atom. The zero-order valence-electron chi connectivity index (χ0n) is 12.3. The van der Waals surface area contributed by atoms with Gasteiger partial charge >= 0.3 is 5.97 Å². The third-order valence-electron chi connectivity index (χ3n) is 3.44. The van der Waals surface area contributed by atoms with Crippen molar-refractivity contribution in [2.75, 3.05) is 0 Å². The Bertz CT molecular complexity index is 876. The Morgan fingerprint density at radius 2 is 2.04 bits per heavy atom. The van der Waals surface area contributed by atoms with E-state index in [-0.39, 0.29) is 5.56 Å². The van der Waals surface area contributed by atoms with Gasteiger partial charge in [-0.3, -0.25) is 0 Å². The van der Waals surface area contributed by atoms with E-state index in [1.807, 2.05) is 31.2 Å². The summed E-state index contributed by atoms with van der Waals surface area (Å²) in [5.41, 5.74) is 2.18. The average molecular weight is 329 g/mol.